The first-order chi connectivity index (χ1) is 6.66. The first-order valence-corrected chi connectivity index (χ1v) is 4.52. The van der Waals surface area contributed by atoms with E-state index in [4.69, 9.17) is 4.74 Å². The van der Waals surface area contributed by atoms with Crippen molar-refractivity contribution in [3.05, 3.63) is 29.8 Å². The van der Waals surface area contributed by atoms with Gasteiger partial charge in [-0.2, -0.15) is 5.10 Å². The molecule has 0 saturated carbocycles. The number of aromatic nitrogens is 2. The molecular weight excluding hydrogens is 180 g/mol. The Morgan fingerprint density at radius 3 is 3.00 bits per heavy atom. The largest absolute Gasteiger partial charge is 0.493 e. The summed E-state index contributed by atoms with van der Waals surface area (Å²) in [6.07, 6.45) is 5.06. The molecule has 0 radical (unpaired) electrons. The van der Waals surface area contributed by atoms with Crippen LogP contribution in [0.2, 0.25) is 0 Å². The molecule has 4 heteroatoms. The number of allylic oxidation sites excluding steroid dienone is 1. The van der Waals surface area contributed by atoms with E-state index >= 15 is 0 Å². The molecule has 0 fully saturated rings. The molecular formula is C10H12N2O2. The summed E-state index contributed by atoms with van der Waals surface area (Å²) >= 11 is 0. The smallest absolute Gasteiger partial charge is 0.162 e. The topological polar surface area (TPSA) is 44.1 Å². The van der Waals surface area contributed by atoms with E-state index in [-0.39, 0.29) is 11.9 Å². The number of ketones is 1. The Hall–Kier alpha value is -1.58. The second-order valence-corrected chi connectivity index (χ2v) is 3.44. The zero-order valence-electron chi connectivity index (χ0n) is 8.23. The Bertz CT molecular complexity index is 393. The standard InChI is InChI=1S/C10H12N2O2/c1-7-9(6-12(2)11-7)10-5-8(13)3-4-14-10/h3-4,6,10H,5H2,1-2H3. The predicted molar refractivity (Wildman–Crippen MR) is 50.5 cm³/mol. The van der Waals surface area contributed by atoms with Crippen LogP contribution in [0.25, 0.3) is 0 Å². The van der Waals surface area contributed by atoms with Crippen molar-refractivity contribution in [3.63, 3.8) is 0 Å². The number of rotatable bonds is 1. The van der Waals surface area contributed by atoms with Crippen LogP contribution in [0.4, 0.5) is 0 Å². The molecule has 2 rings (SSSR count). The quantitative estimate of drug-likeness (QED) is 0.673. The summed E-state index contributed by atoms with van der Waals surface area (Å²) < 4.78 is 7.11. The zero-order valence-corrected chi connectivity index (χ0v) is 8.23. The lowest BCUT2D eigenvalue weighted by molar-refractivity contribution is -0.118. The highest BCUT2D eigenvalue weighted by Gasteiger charge is 2.22. The van der Waals surface area contributed by atoms with Gasteiger partial charge in [0, 0.05) is 24.9 Å². The zero-order chi connectivity index (χ0) is 10.1. The van der Waals surface area contributed by atoms with Gasteiger partial charge in [0.05, 0.1) is 18.4 Å². The fourth-order valence-electron chi connectivity index (χ4n) is 1.63. The summed E-state index contributed by atoms with van der Waals surface area (Å²) in [5, 5.41) is 4.21. The molecule has 1 atom stereocenters. The Kier molecular flexibility index (Phi) is 2.11. The molecule has 1 aromatic heterocycles. The fourth-order valence-corrected chi connectivity index (χ4v) is 1.63. The van der Waals surface area contributed by atoms with Gasteiger partial charge in [-0.15, -0.1) is 0 Å². The normalized spacial score (nSPS) is 21.0. The summed E-state index contributed by atoms with van der Waals surface area (Å²) in [4.78, 5) is 11.2. The lowest BCUT2D eigenvalue weighted by Gasteiger charge is -2.17. The van der Waals surface area contributed by atoms with Gasteiger partial charge in [-0.25, -0.2) is 0 Å². The molecule has 0 amide bonds. The summed E-state index contributed by atoms with van der Waals surface area (Å²) in [5.74, 6) is 0.101. The highest BCUT2D eigenvalue weighted by Crippen LogP contribution is 2.26. The van der Waals surface area contributed by atoms with Gasteiger partial charge in [0.1, 0.15) is 6.10 Å². The van der Waals surface area contributed by atoms with Crippen LogP contribution in [-0.4, -0.2) is 15.6 Å². The Balaban J connectivity index is 2.27. The number of aryl methyl sites for hydroxylation is 2. The molecule has 0 aliphatic carbocycles. The lowest BCUT2D eigenvalue weighted by Crippen LogP contribution is -2.11. The van der Waals surface area contributed by atoms with E-state index < -0.39 is 0 Å². The first-order valence-electron chi connectivity index (χ1n) is 4.52. The molecule has 1 aliphatic rings. The fraction of sp³-hybridized carbons (Fsp3) is 0.400. The first kappa shape index (κ1) is 8.99. The van der Waals surface area contributed by atoms with Crippen molar-refractivity contribution in [1.82, 2.24) is 9.78 Å². The van der Waals surface area contributed by atoms with Crippen LogP contribution in [-0.2, 0) is 16.6 Å². The number of hydrogen-bond acceptors (Lipinski definition) is 3. The van der Waals surface area contributed by atoms with E-state index in [1.54, 1.807) is 4.68 Å². The van der Waals surface area contributed by atoms with Crippen molar-refractivity contribution in [2.45, 2.75) is 19.4 Å². The molecule has 1 aliphatic heterocycles. The van der Waals surface area contributed by atoms with Gasteiger partial charge >= 0.3 is 0 Å². The summed E-state index contributed by atoms with van der Waals surface area (Å²) in [5.41, 5.74) is 1.91. The van der Waals surface area contributed by atoms with E-state index in [1.165, 1.54) is 12.3 Å². The maximum Gasteiger partial charge on any atom is 0.162 e. The highest BCUT2D eigenvalue weighted by molar-refractivity contribution is 5.90. The van der Waals surface area contributed by atoms with Gasteiger partial charge in [-0.05, 0) is 6.92 Å². The predicted octanol–water partition coefficient (Wildman–Crippen LogP) is 1.27. The number of carbonyl (C=O) groups excluding carboxylic acids is 1. The van der Waals surface area contributed by atoms with Crippen molar-refractivity contribution in [2.24, 2.45) is 7.05 Å². The molecule has 1 unspecified atom stereocenters. The lowest BCUT2D eigenvalue weighted by atomic mass is 10.0. The summed E-state index contributed by atoms with van der Waals surface area (Å²) in [6, 6.07) is 0. The van der Waals surface area contributed by atoms with Gasteiger partial charge in [-0.3, -0.25) is 9.48 Å². The molecule has 14 heavy (non-hydrogen) atoms. The van der Waals surface area contributed by atoms with Crippen molar-refractivity contribution in [1.29, 1.82) is 0 Å². The minimum atomic E-state index is -0.166. The third-order valence-electron chi connectivity index (χ3n) is 2.28. The van der Waals surface area contributed by atoms with Gasteiger partial charge < -0.3 is 4.74 Å². The van der Waals surface area contributed by atoms with Gasteiger partial charge in [0.25, 0.3) is 0 Å². The van der Waals surface area contributed by atoms with Gasteiger partial charge in [-0.1, -0.05) is 0 Å². The Labute approximate surface area is 82.2 Å². The number of ether oxygens (including phenoxy) is 1. The minimum absolute atomic E-state index is 0.101. The maximum absolute atomic E-state index is 11.2. The molecule has 0 aromatic carbocycles. The average molecular weight is 192 g/mol. The third-order valence-corrected chi connectivity index (χ3v) is 2.28. The van der Waals surface area contributed by atoms with Crippen LogP contribution in [0.15, 0.2) is 18.5 Å². The molecule has 0 N–H and O–H groups in total. The van der Waals surface area contributed by atoms with E-state index in [0.29, 0.717) is 6.42 Å². The minimum Gasteiger partial charge on any atom is -0.493 e. The molecule has 0 bridgehead atoms. The van der Waals surface area contributed by atoms with Crippen molar-refractivity contribution in [2.75, 3.05) is 0 Å². The van der Waals surface area contributed by atoms with Crippen molar-refractivity contribution < 1.29 is 9.53 Å². The maximum atomic E-state index is 11.2. The molecule has 74 valence electrons. The van der Waals surface area contributed by atoms with E-state index in [1.807, 2.05) is 20.2 Å². The third kappa shape index (κ3) is 1.55. The van der Waals surface area contributed by atoms with Gasteiger partial charge in [0.15, 0.2) is 5.78 Å². The average Bonchev–Trinajstić information content (AvgIpc) is 2.45. The number of carbonyl (C=O) groups is 1. The summed E-state index contributed by atoms with van der Waals surface area (Å²) in [6.45, 7) is 1.92. The van der Waals surface area contributed by atoms with Crippen LogP contribution in [0.3, 0.4) is 0 Å². The number of hydrogen-bond donors (Lipinski definition) is 0. The number of nitrogens with zero attached hydrogens (tertiary/aromatic N) is 2. The monoisotopic (exact) mass is 192 g/mol. The molecule has 1 aromatic rings. The van der Waals surface area contributed by atoms with Gasteiger partial charge in [0.2, 0.25) is 0 Å². The van der Waals surface area contributed by atoms with Crippen LogP contribution in [0, 0.1) is 6.92 Å². The SMILES string of the molecule is Cc1nn(C)cc1C1CC(=O)C=CO1. The molecule has 2 heterocycles. The second-order valence-electron chi connectivity index (χ2n) is 3.44. The van der Waals surface area contributed by atoms with E-state index in [0.717, 1.165) is 11.3 Å². The van der Waals surface area contributed by atoms with E-state index in [2.05, 4.69) is 5.10 Å². The van der Waals surface area contributed by atoms with Crippen LogP contribution < -0.4 is 0 Å². The van der Waals surface area contributed by atoms with Crippen molar-refractivity contribution in [3.8, 4) is 0 Å². The second kappa shape index (κ2) is 3.29. The highest BCUT2D eigenvalue weighted by atomic mass is 16.5. The Morgan fingerprint density at radius 2 is 2.43 bits per heavy atom. The van der Waals surface area contributed by atoms with E-state index in [9.17, 15) is 4.79 Å². The summed E-state index contributed by atoms with van der Waals surface area (Å²) in [7, 11) is 1.86. The van der Waals surface area contributed by atoms with Crippen molar-refractivity contribution >= 4 is 5.78 Å². The molecule has 4 nitrogen and oxygen atoms in total. The van der Waals surface area contributed by atoms with Crippen LogP contribution in [0.1, 0.15) is 23.8 Å². The van der Waals surface area contributed by atoms with Crippen LogP contribution in [0.5, 0.6) is 0 Å². The Morgan fingerprint density at radius 1 is 1.64 bits per heavy atom. The molecule has 0 saturated heterocycles. The molecule has 0 spiro atoms. The van der Waals surface area contributed by atoms with Crippen LogP contribution >= 0.6 is 0 Å².